The van der Waals surface area contributed by atoms with Crippen molar-refractivity contribution in [1.82, 2.24) is 14.5 Å². The van der Waals surface area contributed by atoms with Gasteiger partial charge in [0, 0.05) is 38.2 Å². The van der Waals surface area contributed by atoms with Gasteiger partial charge in [-0.15, -0.1) is 0 Å². The molecule has 1 aliphatic heterocycles. The number of likely N-dealkylation sites (N-methyl/N-ethyl adjacent to an activating group) is 1. The summed E-state index contributed by atoms with van der Waals surface area (Å²) in [5.41, 5.74) is 0. The van der Waals surface area contributed by atoms with Gasteiger partial charge in [0.15, 0.2) is 5.96 Å². The molecule has 28 heavy (non-hydrogen) atoms. The van der Waals surface area contributed by atoms with Gasteiger partial charge in [-0.25, -0.2) is 17.1 Å². The molecular weight excluding hydrogens is 403 g/mol. The largest absolute Gasteiger partial charge is 0.492 e. The number of sulfonamides is 1. The normalized spacial score (nSPS) is 16.0. The zero-order valence-corrected chi connectivity index (χ0v) is 18.1. The van der Waals surface area contributed by atoms with Crippen molar-refractivity contribution < 1.29 is 17.5 Å². The number of aliphatic imine (C=N–C) groups is 1. The number of hydrogen-bond acceptors (Lipinski definition) is 5. The van der Waals surface area contributed by atoms with Crippen LogP contribution < -0.4 is 10.1 Å². The highest BCUT2D eigenvalue weighted by Gasteiger charge is 2.23. The molecule has 1 fully saturated rings. The monoisotopic (exact) mass is 432 g/mol. The average Bonchev–Trinajstić information content (AvgIpc) is 2.69. The molecular formula is C18H29FN4O3S2. The molecule has 0 spiro atoms. The van der Waals surface area contributed by atoms with Crippen molar-refractivity contribution in [3.05, 3.63) is 30.1 Å². The third-order valence-electron chi connectivity index (χ3n) is 4.18. The third kappa shape index (κ3) is 7.48. The molecule has 1 N–H and O–H groups in total. The zero-order valence-electron chi connectivity index (χ0n) is 16.4. The van der Waals surface area contributed by atoms with Crippen LogP contribution in [0.5, 0.6) is 5.75 Å². The number of nitrogens with zero attached hydrogens (tertiary/aromatic N) is 3. The van der Waals surface area contributed by atoms with Crippen molar-refractivity contribution >= 4 is 27.7 Å². The summed E-state index contributed by atoms with van der Waals surface area (Å²) in [6, 6.07) is 5.87. The molecule has 0 atom stereocenters. The summed E-state index contributed by atoms with van der Waals surface area (Å²) >= 11 is 1.78. The van der Waals surface area contributed by atoms with E-state index in [0.29, 0.717) is 44.5 Å². The highest BCUT2D eigenvalue weighted by atomic mass is 32.2. The van der Waals surface area contributed by atoms with Crippen LogP contribution >= 0.6 is 11.8 Å². The van der Waals surface area contributed by atoms with Gasteiger partial charge in [0.2, 0.25) is 10.0 Å². The summed E-state index contributed by atoms with van der Waals surface area (Å²) in [5, 5.41) is 3.16. The van der Waals surface area contributed by atoms with E-state index in [1.54, 1.807) is 28.2 Å². The lowest BCUT2D eigenvalue weighted by Gasteiger charge is -2.25. The fraction of sp³-hybridized carbons (Fsp3) is 0.611. The Morgan fingerprint density at radius 1 is 1.32 bits per heavy atom. The number of halogens is 1. The van der Waals surface area contributed by atoms with Crippen LogP contribution in [0.1, 0.15) is 6.92 Å². The summed E-state index contributed by atoms with van der Waals surface area (Å²) < 4.78 is 44.9. The molecule has 1 saturated heterocycles. The molecule has 1 heterocycles. The van der Waals surface area contributed by atoms with Gasteiger partial charge in [0.05, 0.1) is 18.8 Å². The van der Waals surface area contributed by atoms with Crippen LogP contribution in [-0.2, 0) is 10.0 Å². The minimum absolute atomic E-state index is 0.00643. The van der Waals surface area contributed by atoms with Crippen molar-refractivity contribution in [2.45, 2.75) is 6.92 Å². The van der Waals surface area contributed by atoms with E-state index in [2.05, 4.69) is 10.3 Å². The average molecular weight is 433 g/mol. The first kappa shape index (κ1) is 22.8. The molecule has 0 unspecified atom stereocenters. The minimum Gasteiger partial charge on any atom is -0.492 e. The number of hydrogen-bond donors (Lipinski definition) is 1. The van der Waals surface area contributed by atoms with Gasteiger partial charge in [-0.2, -0.15) is 11.8 Å². The Labute approximate surface area is 171 Å². The highest BCUT2D eigenvalue weighted by molar-refractivity contribution is 7.99. The Balaban J connectivity index is 1.83. The van der Waals surface area contributed by atoms with Crippen molar-refractivity contribution in [1.29, 1.82) is 0 Å². The van der Waals surface area contributed by atoms with Crippen LogP contribution in [0.4, 0.5) is 4.39 Å². The van der Waals surface area contributed by atoms with E-state index in [1.807, 2.05) is 18.9 Å². The van der Waals surface area contributed by atoms with E-state index in [9.17, 15) is 12.8 Å². The second-order valence-electron chi connectivity index (χ2n) is 6.29. The maximum Gasteiger partial charge on any atom is 0.215 e. The summed E-state index contributed by atoms with van der Waals surface area (Å²) in [7, 11) is -1.40. The molecule has 158 valence electrons. The van der Waals surface area contributed by atoms with Crippen LogP contribution in [0.3, 0.4) is 0 Å². The molecule has 1 aliphatic rings. The number of ether oxygens (including phenoxy) is 1. The maximum absolute atomic E-state index is 12.9. The number of benzene rings is 1. The highest BCUT2D eigenvalue weighted by Crippen LogP contribution is 2.13. The van der Waals surface area contributed by atoms with Gasteiger partial charge in [-0.05, 0) is 31.2 Å². The lowest BCUT2D eigenvalue weighted by atomic mass is 10.3. The lowest BCUT2D eigenvalue weighted by molar-refractivity contribution is 0.281. The van der Waals surface area contributed by atoms with Crippen LogP contribution in [0.15, 0.2) is 29.3 Å². The first-order chi connectivity index (χ1) is 13.4. The first-order valence-electron chi connectivity index (χ1n) is 9.36. The zero-order chi connectivity index (χ0) is 20.4. The molecule has 1 aromatic rings. The van der Waals surface area contributed by atoms with E-state index in [4.69, 9.17) is 4.74 Å². The van der Waals surface area contributed by atoms with E-state index in [-0.39, 0.29) is 18.1 Å². The Hall–Kier alpha value is -1.52. The number of guanidine groups is 1. The van der Waals surface area contributed by atoms with Gasteiger partial charge < -0.3 is 15.0 Å². The molecule has 0 saturated carbocycles. The molecule has 0 radical (unpaired) electrons. The van der Waals surface area contributed by atoms with E-state index in [0.717, 1.165) is 11.5 Å². The predicted molar refractivity (Wildman–Crippen MR) is 113 cm³/mol. The number of rotatable bonds is 9. The van der Waals surface area contributed by atoms with Crippen molar-refractivity contribution in [3.63, 3.8) is 0 Å². The Bertz CT molecular complexity index is 723. The second-order valence-corrected chi connectivity index (χ2v) is 9.60. The van der Waals surface area contributed by atoms with Crippen LogP contribution in [-0.4, -0.2) is 87.2 Å². The molecule has 0 aliphatic carbocycles. The minimum atomic E-state index is -3.26. The Morgan fingerprint density at radius 2 is 2.00 bits per heavy atom. The fourth-order valence-electron chi connectivity index (χ4n) is 2.63. The van der Waals surface area contributed by atoms with Crippen molar-refractivity contribution in [2.75, 3.05) is 63.6 Å². The van der Waals surface area contributed by atoms with Crippen molar-refractivity contribution in [2.24, 2.45) is 4.99 Å². The SMILES string of the molecule is CCNC(=NCCS(=O)(=O)N1CCSCC1)N(C)CCOc1ccc(F)cc1. The lowest BCUT2D eigenvalue weighted by Crippen LogP contribution is -2.42. The summed E-state index contributed by atoms with van der Waals surface area (Å²) in [4.78, 5) is 6.33. The van der Waals surface area contributed by atoms with E-state index < -0.39 is 10.0 Å². The molecule has 0 aromatic heterocycles. The molecule has 0 amide bonds. The number of thioether (sulfide) groups is 1. The fourth-order valence-corrected chi connectivity index (χ4v) is 5.08. The van der Waals surface area contributed by atoms with Gasteiger partial charge >= 0.3 is 0 Å². The van der Waals surface area contributed by atoms with Gasteiger partial charge in [-0.1, -0.05) is 0 Å². The molecule has 1 aromatic carbocycles. The van der Waals surface area contributed by atoms with Gasteiger partial charge in [0.1, 0.15) is 18.2 Å². The quantitative estimate of drug-likeness (QED) is 0.471. The van der Waals surface area contributed by atoms with Crippen LogP contribution in [0.2, 0.25) is 0 Å². The van der Waals surface area contributed by atoms with Crippen LogP contribution in [0.25, 0.3) is 0 Å². The third-order valence-corrected chi connectivity index (χ3v) is 6.97. The Morgan fingerprint density at radius 3 is 2.64 bits per heavy atom. The molecule has 0 bridgehead atoms. The summed E-state index contributed by atoms with van der Waals surface area (Å²) in [6.45, 7) is 4.96. The molecule has 7 nitrogen and oxygen atoms in total. The van der Waals surface area contributed by atoms with Gasteiger partial charge in [-0.3, -0.25) is 4.99 Å². The summed E-state index contributed by atoms with van der Waals surface area (Å²) in [6.07, 6.45) is 0. The van der Waals surface area contributed by atoms with Crippen LogP contribution in [0, 0.1) is 5.82 Å². The van der Waals surface area contributed by atoms with Gasteiger partial charge in [0.25, 0.3) is 0 Å². The van der Waals surface area contributed by atoms with Crippen molar-refractivity contribution in [3.8, 4) is 5.75 Å². The van der Waals surface area contributed by atoms with E-state index in [1.165, 1.54) is 12.1 Å². The number of nitrogens with one attached hydrogen (secondary N) is 1. The topological polar surface area (TPSA) is 74.2 Å². The molecule has 10 heteroatoms. The molecule has 2 rings (SSSR count). The maximum atomic E-state index is 12.9. The standard InChI is InChI=1S/C18H29FN4O3S2/c1-3-20-18(21-8-15-28(24,25)23-10-13-27-14-11-23)22(2)9-12-26-17-6-4-16(19)5-7-17/h4-7H,3,8-15H2,1-2H3,(H,20,21). The Kier molecular flexibility index (Phi) is 9.33. The van der Waals surface area contributed by atoms with E-state index >= 15 is 0 Å². The predicted octanol–water partition coefficient (Wildman–Crippen LogP) is 1.48. The smallest absolute Gasteiger partial charge is 0.215 e. The first-order valence-corrected chi connectivity index (χ1v) is 12.1. The summed E-state index contributed by atoms with van der Waals surface area (Å²) in [5.74, 6) is 2.64. The second kappa shape index (κ2) is 11.5.